The van der Waals surface area contributed by atoms with Crippen LogP contribution in [-0.4, -0.2) is 14.3 Å². The number of nitrogens with two attached hydrogens (primary N) is 1. The molecule has 0 aliphatic carbocycles. The van der Waals surface area contributed by atoms with Crippen LogP contribution >= 0.6 is 0 Å². The molecule has 1 amide bonds. The second-order valence-electron chi connectivity index (χ2n) is 4.03. The molecule has 2 aromatic rings. The molecule has 0 aliphatic rings. The number of hydrogen-bond donors (Lipinski definition) is 2. The molecule has 0 saturated heterocycles. The molecule has 2 rings (SSSR count). The van der Waals surface area contributed by atoms with Crippen LogP contribution in [0.2, 0.25) is 0 Å². The molecule has 0 spiro atoms. The van der Waals surface area contributed by atoms with Crippen molar-refractivity contribution in [2.75, 3.05) is 5.32 Å². The standard InChI is InChI=1S/C13H11FN2O3S/c14-10-2-1-3-11(8-10)16-13(17)9-4-6-12(7-5-9)20(15,18)19/h1-8H,(H,16,17)(H2,15,18,19). The fourth-order valence-corrected chi connectivity index (χ4v) is 2.08. The van der Waals surface area contributed by atoms with Gasteiger partial charge in [-0.1, -0.05) is 6.07 Å². The summed E-state index contributed by atoms with van der Waals surface area (Å²) < 4.78 is 35.1. The van der Waals surface area contributed by atoms with Crippen LogP contribution in [0.3, 0.4) is 0 Å². The lowest BCUT2D eigenvalue weighted by Crippen LogP contribution is -2.14. The summed E-state index contributed by atoms with van der Waals surface area (Å²) in [5.41, 5.74) is 0.548. The van der Waals surface area contributed by atoms with Crippen LogP contribution in [0.15, 0.2) is 53.4 Å². The Morgan fingerprint density at radius 2 is 1.75 bits per heavy atom. The maximum atomic E-state index is 13.0. The van der Waals surface area contributed by atoms with E-state index in [1.807, 2.05) is 0 Å². The zero-order chi connectivity index (χ0) is 14.8. The van der Waals surface area contributed by atoms with Gasteiger partial charge in [-0.3, -0.25) is 4.79 Å². The van der Waals surface area contributed by atoms with Crippen molar-refractivity contribution in [1.82, 2.24) is 0 Å². The molecule has 2 aromatic carbocycles. The molecule has 0 radical (unpaired) electrons. The average molecular weight is 294 g/mol. The summed E-state index contributed by atoms with van der Waals surface area (Å²) in [6, 6.07) is 10.6. The largest absolute Gasteiger partial charge is 0.322 e. The molecule has 0 heterocycles. The number of carbonyl (C=O) groups excluding carboxylic acids is 1. The number of benzene rings is 2. The third-order valence-electron chi connectivity index (χ3n) is 2.53. The molecule has 0 bridgehead atoms. The van der Waals surface area contributed by atoms with E-state index in [1.54, 1.807) is 6.07 Å². The van der Waals surface area contributed by atoms with E-state index in [-0.39, 0.29) is 10.5 Å². The maximum Gasteiger partial charge on any atom is 0.255 e. The minimum absolute atomic E-state index is 0.0835. The lowest BCUT2D eigenvalue weighted by Gasteiger charge is -2.06. The summed E-state index contributed by atoms with van der Waals surface area (Å²) in [4.78, 5) is 11.8. The van der Waals surface area contributed by atoms with E-state index in [4.69, 9.17) is 5.14 Å². The van der Waals surface area contributed by atoms with E-state index in [0.29, 0.717) is 5.69 Å². The number of amides is 1. The molecule has 7 heteroatoms. The number of primary sulfonamides is 1. The van der Waals surface area contributed by atoms with Gasteiger partial charge in [0.05, 0.1) is 4.90 Å². The van der Waals surface area contributed by atoms with E-state index in [0.717, 1.165) is 0 Å². The van der Waals surface area contributed by atoms with Gasteiger partial charge in [-0.2, -0.15) is 0 Å². The van der Waals surface area contributed by atoms with Crippen molar-refractivity contribution in [2.45, 2.75) is 4.90 Å². The van der Waals surface area contributed by atoms with Crippen molar-refractivity contribution in [3.63, 3.8) is 0 Å². The Hall–Kier alpha value is -2.25. The van der Waals surface area contributed by atoms with Gasteiger partial charge in [0.2, 0.25) is 10.0 Å². The van der Waals surface area contributed by atoms with Crippen molar-refractivity contribution in [3.8, 4) is 0 Å². The predicted octanol–water partition coefficient (Wildman–Crippen LogP) is 1.73. The first-order valence-electron chi connectivity index (χ1n) is 5.56. The van der Waals surface area contributed by atoms with Gasteiger partial charge < -0.3 is 5.32 Å². The summed E-state index contributed by atoms with van der Waals surface area (Å²) >= 11 is 0. The van der Waals surface area contributed by atoms with Gasteiger partial charge in [-0.05, 0) is 42.5 Å². The van der Waals surface area contributed by atoms with Crippen molar-refractivity contribution in [1.29, 1.82) is 0 Å². The summed E-state index contributed by atoms with van der Waals surface area (Å²) in [5, 5.41) is 7.45. The first-order valence-corrected chi connectivity index (χ1v) is 7.11. The summed E-state index contributed by atoms with van der Waals surface area (Å²) in [7, 11) is -3.79. The molecule has 3 N–H and O–H groups in total. The van der Waals surface area contributed by atoms with Crippen molar-refractivity contribution in [2.24, 2.45) is 5.14 Å². The van der Waals surface area contributed by atoms with Crippen LogP contribution in [0.5, 0.6) is 0 Å². The highest BCUT2D eigenvalue weighted by molar-refractivity contribution is 7.89. The highest BCUT2D eigenvalue weighted by Crippen LogP contribution is 2.13. The molecule has 0 aromatic heterocycles. The quantitative estimate of drug-likeness (QED) is 0.903. The summed E-state index contributed by atoms with van der Waals surface area (Å²) in [6.45, 7) is 0. The number of nitrogens with one attached hydrogen (secondary N) is 1. The SMILES string of the molecule is NS(=O)(=O)c1ccc(C(=O)Nc2cccc(F)c2)cc1. The van der Waals surface area contributed by atoms with Crippen molar-refractivity contribution >= 4 is 21.6 Å². The van der Waals surface area contributed by atoms with E-state index < -0.39 is 21.7 Å². The van der Waals surface area contributed by atoms with Gasteiger partial charge in [0, 0.05) is 11.3 Å². The Balaban J connectivity index is 2.18. The van der Waals surface area contributed by atoms with Gasteiger partial charge >= 0.3 is 0 Å². The Labute approximate surface area is 115 Å². The first-order chi connectivity index (χ1) is 9.36. The number of anilines is 1. The number of halogens is 1. The van der Waals surface area contributed by atoms with Crippen molar-refractivity contribution < 1.29 is 17.6 Å². The normalized spacial score (nSPS) is 11.1. The number of carbonyl (C=O) groups is 1. The lowest BCUT2D eigenvalue weighted by atomic mass is 10.2. The van der Waals surface area contributed by atoms with Crippen LogP contribution in [0.25, 0.3) is 0 Å². The zero-order valence-electron chi connectivity index (χ0n) is 10.2. The highest BCUT2D eigenvalue weighted by Gasteiger charge is 2.10. The molecule has 0 aliphatic heterocycles. The third kappa shape index (κ3) is 3.40. The molecule has 20 heavy (non-hydrogen) atoms. The summed E-state index contributed by atoms with van der Waals surface area (Å²) in [5.74, 6) is -0.941. The van der Waals surface area contributed by atoms with Crippen LogP contribution in [-0.2, 0) is 10.0 Å². The second kappa shape index (κ2) is 5.40. The molecular weight excluding hydrogens is 283 g/mol. The Morgan fingerprint density at radius 3 is 2.30 bits per heavy atom. The fraction of sp³-hybridized carbons (Fsp3) is 0. The topological polar surface area (TPSA) is 89.3 Å². The molecule has 0 saturated carbocycles. The number of rotatable bonds is 3. The minimum atomic E-state index is -3.79. The van der Waals surface area contributed by atoms with Gasteiger partial charge in [0.25, 0.3) is 5.91 Å². The van der Waals surface area contributed by atoms with E-state index in [9.17, 15) is 17.6 Å². The smallest absolute Gasteiger partial charge is 0.255 e. The van der Waals surface area contributed by atoms with Crippen LogP contribution < -0.4 is 10.5 Å². The molecule has 0 fully saturated rings. The third-order valence-corrected chi connectivity index (χ3v) is 3.46. The van der Waals surface area contributed by atoms with Crippen molar-refractivity contribution in [3.05, 3.63) is 59.9 Å². The first kappa shape index (κ1) is 14.2. The van der Waals surface area contributed by atoms with Gasteiger partial charge in [-0.15, -0.1) is 0 Å². The molecule has 104 valence electrons. The van der Waals surface area contributed by atoms with E-state index in [1.165, 1.54) is 42.5 Å². The molecule has 0 unspecified atom stereocenters. The highest BCUT2D eigenvalue weighted by atomic mass is 32.2. The lowest BCUT2D eigenvalue weighted by molar-refractivity contribution is 0.102. The maximum absolute atomic E-state index is 13.0. The van der Waals surface area contributed by atoms with E-state index >= 15 is 0 Å². The fourth-order valence-electron chi connectivity index (χ4n) is 1.57. The van der Waals surface area contributed by atoms with Crippen LogP contribution in [0.1, 0.15) is 10.4 Å². The minimum Gasteiger partial charge on any atom is -0.322 e. The van der Waals surface area contributed by atoms with Crippen LogP contribution in [0, 0.1) is 5.82 Å². The summed E-state index contributed by atoms with van der Waals surface area (Å²) in [6.07, 6.45) is 0. The molecule has 0 atom stereocenters. The van der Waals surface area contributed by atoms with Gasteiger partial charge in [0.15, 0.2) is 0 Å². The Bertz CT molecular complexity index is 742. The Morgan fingerprint density at radius 1 is 1.10 bits per heavy atom. The number of sulfonamides is 1. The average Bonchev–Trinajstić information content (AvgIpc) is 2.38. The second-order valence-corrected chi connectivity index (χ2v) is 5.60. The zero-order valence-corrected chi connectivity index (χ0v) is 11.0. The predicted molar refractivity (Wildman–Crippen MR) is 72.2 cm³/mol. The number of hydrogen-bond acceptors (Lipinski definition) is 3. The van der Waals surface area contributed by atoms with Crippen LogP contribution in [0.4, 0.5) is 10.1 Å². The van der Waals surface area contributed by atoms with Gasteiger partial charge in [-0.25, -0.2) is 17.9 Å². The van der Waals surface area contributed by atoms with E-state index in [2.05, 4.69) is 5.32 Å². The Kier molecular flexibility index (Phi) is 3.82. The molecular formula is C13H11FN2O3S. The molecule has 5 nitrogen and oxygen atoms in total. The monoisotopic (exact) mass is 294 g/mol. The van der Waals surface area contributed by atoms with Gasteiger partial charge in [0.1, 0.15) is 5.82 Å².